The van der Waals surface area contributed by atoms with Gasteiger partial charge < -0.3 is 10.3 Å². The zero-order chi connectivity index (χ0) is 10.7. The minimum Gasteiger partial charge on any atom is -0.327 e. The summed E-state index contributed by atoms with van der Waals surface area (Å²) in [5, 5.41) is 1.78. The maximum atomic E-state index is 11.2. The molecule has 0 aliphatic carbocycles. The summed E-state index contributed by atoms with van der Waals surface area (Å²) in [5.74, 6) is -0.386. The molecule has 0 bridgehead atoms. The highest BCUT2D eigenvalue weighted by atomic mass is 35.5. The molecular formula is C9H11ClN2O2. The van der Waals surface area contributed by atoms with Crippen LogP contribution in [0.3, 0.4) is 0 Å². The van der Waals surface area contributed by atoms with E-state index in [9.17, 15) is 9.59 Å². The standard InChI is InChI=1S/C9H11ClN2O2/c1-5-3-7(9(14)11-4-5)12-8(13)6(2)10/h3-4,6H,1-2H3,(H,11,14)(H,12,13). The van der Waals surface area contributed by atoms with E-state index in [1.807, 2.05) is 6.92 Å². The van der Waals surface area contributed by atoms with Crippen LogP contribution >= 0.6 is 11.6 Å². The first-order valence-corrected chi connectivity index (χ1v) is 4.58. The molecule has 1 atom stereocenters. The minimum absolute atomic E-state index is 0.225. The third kappa shape index (κ3) is 2.60. The maximum Gasteiger partial charge on any atom is 0.271 e. The van der Waals surface area contributed by atoms with E-state index >= 15 is 0 Å². The van der Waals surface area contributed by atoms with Crippen molar-refractivity contribution in [2.45, 2.75) is 19.2 Å². The van der Waals surface area contributed by atoms with Crippen molar-refractivity contribution in [3.63, 3.8) is 0 Å². The Kier molecular flexibility index (Phi) is 3.30. The Bertz CT molecular complexity index is 398. The molecule has 14 heavy (non-hydrogen) atoms. The van der Waals surface area contributed by atoms with Crippen LogP contribution in [0.15, 0.2) is 17.1 Å². The molecule has 0 fully saturated rings. The Morgan fingerprint density at radius 3 is 2.86 bits per heavy atom. The largest absolute Gasteiger partial charge is 0.327 e. The molecule has 4 nitrogen and oxygen atoms in total. The molecule has 0 radical (unpaired) electrons. The Morgan fingerprint density at radius 2 is 2.29 bits per heavy atom. The second-order valence-electron chi connectivity index (χ2n) is 3.03. The number of hydrogen-bond acceptors (Lipinski definition) is 2. The number of aryl methyl sites for hydroxylation is 1. The predicted octanol–water partition coefficient (Wildman–Crippen LogP) is 1.25. The topological polar surface area (TPSA) is 62.0 Å². The van der Waals surface area contributed by atoms with Crippen molar-refractivity contribution in [2.24, 2.45) is 0 Å². The van der Waals surface area contributed by atoms with Crippen LogP contribution in [0.2, 0.25) is 0 Å². The third-order valence-corrected chi connectivity index (χ3v) is 1.86. The molecule has 0 spiro atoms. The van der Waals surface area contributed by atoms with Crippen LogP contribution in [0.4, 0.5) is 5.69 Å². The molecule has 1 rings (SSSR count). The monoisotopic (exact) mass is 214 g/mol. The van der Waals surface area contributed by atoms with Gasteiger partial charge in [-0.15, -0.1) is 11.6 Å². The molecule has 0 aromatic carbocycles. The van der Waals surface area contributed by atoms with Gasteiger partial charge in [-0.25, -0.2) is 0 Å². The van der Waals surface area contributed by atoms with Gasteiger partial charge in [-0.05, 0) is 25.5 Å². The van der Waals surface area contributed by atoms with Crippen molar-refractivity contribution < 1.29 is 4.79 Å². The van der Waals surface area contributed by atoms with E-state index in [2.05, 4.69) is 10.3 Å². The van der Waals surface area contributed by atoms with E-state index < -0.39 is 5.38 Å². The summed E-state index contributed by atoms with van der Waals surface area (Å²) < 4.78 is 0. The number of rotatable bonds is 2. The number of anilines is 1. The fourth-order valence-electron chi connectivity index (χ4n) is 0.917. The second-order valence-corrected chi connectivity index (χ2v) is 3.68. The first-order chi connectivity index (χ1) is 6.50. The van der Waals surface area contributed by atoms with E-state index in [1.165, 1.54) is 0 Å². The Morgan fingerprint density at radius 1 is 1.64 bits per heavy atom. The van der Waals surface area contributed by atoms with Crippen LogP contribution in [0, 0.1) is 6.92 Å². The summed E-state index contributed by atoms with van der Waals surface area (Å²) in [6.07, 6.45) is 1.57. The molecule has 0 aliphatic rings. The van der Waals surface area contributed by atoms with E-state index in [4.69, 9.17) is 11.6 Å². The zero-order valence-electron chi connectivity index (χ0n) is 7.93. The van der Waals surface area contributed by atoms with E-state index in [-0.39, 0.29) is 17.2 Å². The second kappa shape index (κ2) is 4.28. The third-order valence-electron chi connectivity index (χ3n) is 1.67. The molecule has 1 aromatic rings. The smallest absolute Gasteiger partial charge is 0.271 e. The molecule has 1 heterocycles. The number of H-pyrrole nitrogens is 1. The molecule has 1 aromatic heterocycles. The number of carbonyl (C=O) groups is 1. The number of nitrogens with one attached hydrogen (secondary N) is 2. The lowest BCUT2D eigenvalue weighted by molar-refractivity contribution is -0.115. The molecule has 5 heteroatoms. The first kappa shape index (κ1) is 10.8. The molecular weight excluding hydrogens is 204 g/mol. The van der Waals surface area contributed by atoms with Gasteiger partial charge in [0.05, 0.1) is 0 Å². The highest BCUT2D eigenvalue weighted by Gasteiger charge is 2.10. The average molecular weight is 215 g/mol. The summed E-state index contributed by atoms with van der Waals surface area (Å²) >= 11 is 5.55. The number of halogens is 1. The first-order valence-electron chi connectivity index (χ1n) is 4.15. The van der Waals surface area contributed by atoms with Crippen molar-refractivity contribution in [2.75, 3.05) is 5.32 Å². The van der Waals surface area contributed by atoms with Crippen LogP contribution in [0.1, 0.15) is 12.5 Å². The van der Waals surface area contributed by atoms with E-state index in [0.29, 0.717) is 0 Å². The maximum absolute atomic E-state index is 11.2. The van der Waals surface area contributed by atoms with Gasteiger partial charge in [-0.2, -0.15) is 0 Å². The number of aromatic amines is 1. The minimum atomic E-state index is -0.657. The summed E-state index contributed by atoms with van der Waals surface area (Å²) in [6, 6.07) is 1.59. The quantitative estimate of drug-likeness (QED) is 0.728. The van der Waals surface area contributed by atoms with Gasteiger partial charge >= 0.3 is 0 Å². The summed E-state index contributed by atoms with van der Waals surface area (Å²) in [7, 11) is 0. The van der Waals surface area contributed by atoms with Gasteiger partial charge in [0, 0.05) is 6.20 Å². The van der Waals surface area contributed by atoms with Crippen molar-refractivity contribution in [3.8, 4) is 0 Å². The van der Waals surface area contributed by atoms with Crippen LogP contribution < -0.4 is 10.9 Å². The Hall–Kier alpha value is -1.29. The number of pyridine rings is 1. The number of amides is 1. The van der Waals surface area contributed by atoms with Gasteiger partial charge in [-0.1, -0.05) is 0 Å². The average Bonchev–Trinajstić information content (AvgIpc) is 2.11. The summed E-state index contributed by atoms with van der Waals surface area (Å²) in [5.41, 5.74) is 0.755. The van der Waals surface area contributed by atoms with Gasteiger partial charge in [0.25, 0.3) is 5.56 Å². The molecule has 2 N–H and O–H groups in total. The molecule has 0 saturated carbocycles. The van der Waals surface area contributed by atoms with Gasteiger partial charge in [0.2, 0.25) is 5.91 Å². The predicted molar refractivity (Wildman–Crippen MR) is 55.7 cm³/mol. The van der Waals surface area contributed by atoms with Crippen molar-refractivity contribution in [1.29, 1.82) is 0 Å². The van der Waals surface area contributed by atoms with Crippen LogP contribution in [-0.2, 0) is 4.79 Å². The molecule has 0 saturated heterocycles. The van der Waals surface area contributed by atoms with E-state index in [0.717, 1.165) is 5.56 Å². The van der Waals surface area contributed by atoms with Crippen molar-refractivity contribution in [3.05, 3.63) is 28.2 Å². The highest BCUT2D eigenvalue weighted by molar-refractivity contribution is 6.32. The lowest BCUT2D eigenvalue weighted by atomic mass is 10.3. The van der Waals surface area contributed by atoms with Crippen LogP contribution in [-0.4, -0.2) is 16.3 Å². The van der Waals surface area contributed by atoms with Crippen LogP contribution in [0.5, 0.6) is 0 Å². The van der Waals surface area contributed by atoms with Gasteiger partial charge in [-0.3, -0.25) is 9.59 Å². The molecule has 1 amide bonds. The van der Waals surface area contributed by atoms with Crippen LogP contribution in [0.25, 0.3) is 0 Å². The van der Waals surface area contributed by atoms with E-state index in [1.54, 1.807) is 19.2 Å². The molecule has 0 aliphatic heterocycles. The number of alkyl halides is 1. The van der Waals surface area contributed by atoms with Crippen molar-refractivity contribution >= 4 is 23.2 Å². The zero-order valence-corrected chi connectivity index (χ0v) is 8.68. The van der Waals surface area contributed by atoms with Gasteiger partial charge in [0.1, 0.15) is 11.1 Å². The Labute approximate surface area is 86.3 Å². The number of hydrogen-bond donors (Lipinski definition) is 2. The summed E-state index contributed by atoms with van der Waals surface area (Å²) in [4.78, 5) is 24.9. The number of aromatic nitrogens is 1. The van der Waals surface area contributed by atoms with Gasteiger partial charge in [0.15, 0.2) is 0 Å². The molecule has 76 valence electrons. The lowest BCUT2D eigenvalue weighted by Gasteiger charge is -2.05. The normalized spacial score (nSPS) is 12.2. The van der Waals surface area contributed by atoms with Crippen molar-refractivity contribution in [1.82, 2.24) is 4.98 Å². The number of carbonyl (C=O) groups excluding carboxylic acids is 1. The highest BCUT2D eigenvalue weighted by Crippen LogP contribution is 2.04. The Balaban J connectivity index is 2.92. The summed E-state index contributed by atoms with van der Waals surface area (Å²) in [6.45, 7) is 3.36. The fraction of sp³-hybridized carbons (Fsp3) is 0.333. The SMILES string of the molecule is Cc1c[nH]c(=O)c(NC(=O)C(C)Cl)c1. The fourth-order valence-corrected chi connectivity index (χ4v) is 0.972. The lowest BCUT2D eigenvalue weighted by Crippen LogP contribution is -2.24. The molecule has 1 unspecified atom stereocenters.